The van der Waals surface area contributed by atoms with Crippen molar-refractivity contribution in [2.75, 3.05) is 18.9 Å². The van der Waals surface area contributed by atoms with Gasteiger partial charge in [0.1, 0.15) is 5.82 Å². The number of carbonyl (C=O) groups is 1. The van der Waals surface area contributed by atoms with Crippen molar-refractivity contribution in [2.24, 2.45) is 5.73 Å². The van der Waals surface area contributed by atoms with Crippen molar-refractivity contribution in [2.45, 2.75) is 25.9 Å². The molecule has 5 rings (SSSR count). The Kier molecular flexibility index (Phi) is 5.33. The second kappa shape index (κ2) is 8.43. The van der Waals surface area contributed by atoms with Crippen LogP contribution in [-0.4, -0.2) is 39.4 Å². The highest BCUT2D eigenvalue weighted by atomic mass is 16.1. The molecule has 162 valence electrons. The van der Waals surface area contributed by atoms with Crippen LogP contribution in [0.15, 0.2) is 54.7 Å². The van der Waals surface area contributed by atoms with Gasteiger partial charge in [-0.25, -0.2) is 9.97 Å². The molecule has 1 aliphatic rings. The minimum Gasteiger partial charge on any atom is -0.366 e. The van der Waals surface area contributed by atoms with Crippen LogP contribution >= 0.6 is 0 Å². The predicted molar refractivity (Wildman–Crippen MR) is 126 cm³/mol. The molecule has 0 spiro atoms. The molecule has 1 aliphatic heterocycles. The topological polar surface area (TPSA) is 99.9 Å². The van der Waals surface area contributed by atoms with Gasteiger partial charge in [-0.05, 0) is 38.1 Å². The van der Waals surface area contributed by atoms with Gasteiger partial charge in [0.05, 0.1) is 11.4 Å². The fourth-order valence-electron chi connectivity index (χ4n) is 4.37. The predicted octanol–water partition coefficient (Wildman–Crippen LogP) is 3.71. The molecule has 4 aromatic rings. The van der Waals surface area contributed by atoms with E-state index >= 15 is 0 Å². The Hall–Kier alpha value is -3.71. The molecule has 0 unspecified atom stereocenters. The van der Waals surface area contributed by atoms with E-state index in [1.54, 1.807) is 6.07 Å². The lowest BCUT2D eigenvalue weighted by molar-refractivity contribution is 0.100. The van der Waals surface area contributed by atoms with Gasteiger partial charge in [-0.3, -0.25) is 4.79 Å². The smallest absolute Gasteiger partial charge is 0.249 e. The fraction of sp³-hybridized carbons (Fsp3) is 0.240. The minimum absolute atomic E-state index is 0.447. The number of hydrogen-bond acceptors (Lipinski definition) is 5. The summed E-state index contributed by atoms with van der Waals surface area (Å²) in [7, 11) is 2.13. The fourth-order valence-corrected chi connectivity index (χ4v) is 4.37. The van der Waals surface area contributed by atoms with Gasteiger partial charge in [0, 0.05) is 41.2 Å². The molecular weight excluding hydrogens is 400 g/mol. The average Bonchev–Trinajstić information content (AvgIpc) is 3.14. The molecule has 0 atom stereocenters. The molecule has 0 radical (unpaired) electrons. The first kappa shape index (κ1) is 20.2. The van der Waals surface area contributed by atoms with E-state index < -0.39 is 5.91 Å². The van der Waals surface area contributed by atoms with Gasteiger partial charge in [0.15, 0.2) is 5.82 Å². The maximum absolute atomic E-state index is 11.9. The first-order valence-electron chi connectivity index (χ1n) is 10.9. The summed E-state index contributed by atoms with van der Waals surface area (Å²) in [5, 5.41) is 5.23. The number of hydrogen-bond donors (Lipinski definition) is 3. The van der Waals surface area contributed by atoms with Crippen molar-refractivity contribution in [3.05, 3.63) is 77.1 Å². The van der Waals surface area contributed by atoms with E-state index in [0.29, 0.717) is 17.9 Å². The molecule has 0 bridgehead atoms. The molecule has 4 N–H and O–H groups in total. The van der Waals surface area contributed by atoms with Crippen molar-refractivity contribution in [3.63, 3.8) is 0 Å². The molecule has 0 fully saturated rings. The molecule has 7 nitrogen and oxygen atoms in total. The van der Waals surface area contributed by atoms with Gasteiger partial charge in [-0.2, -0.15) is 0 Å². The van der Waals surface area contributed by atoms with Gasteiger partial charge in [0.25, 0.3) is 0 Å². The Morgan fingerprint density at radius 1 is 1.12 bits per heavy atom. The number of amides is 1. The molecule has 2 aromatic heterocycles. The maximum atomic E-state index is 11.9. The molecule has 0 saturated carbocycles. The van der Waals surface area contributed by atoms with E-state index in [9.17, 15) is 4.79 Å². The third-order valence-corrected chi connectivity index (χ3v) is 6.00. The standard InChI is InChI=1S/C25H26N6O/c1-31-12-6-11-21-20(15-31)24(28-13-16-7-3-2-4-8-16)30-25(29-21)22-17-9-5-10-18(23(26)32)19(17)14-27-22/h2-5,7-10,14,27H,6,11-13,15H2,1H3,(H2,26,32)(H,28,29,30). The molecule has 1 amide bonds. The Morgan fingerprint density at radius 2 is 1.97 bits per heavy atom. The summed E-state index contributed by atoms with van der Waals surface area (Å²) in [4.78, 5) is 27.4. The van der Waals surface area contributed by atoms with Crippen LogP contribution in [0.1, 0.15) is 33.6 Å². The number of primary amides is 1. The van der Waals surface area contributed by atoms with Gasteiger partial charge in [0.2, 0.25) is 5.91 Å². The van der Waals surface area contributed by atoms with Gasteiger partial charge in [-0.1, -0.05) is 42.5 Å². The number of rotatable bonds is 5. The number of aryl methyl sites for hydroxylation is 1. The molecule has 0 saturated heterocycles. The number of nitrogens with one attached hydrogen (secondary N) is 2. The summed E-state index contributed by atoms with van der Waals surface area (Å²) in [6, 6.07) is 15.8. The second-order valence-corrected chi connectivity index (χ2v) is 8.30. The highest BCUT2D eigenvalue weighted by Gasteiger charge is 2.21. The van der Waals surface area contributed by atoms with E-state index in [1.165, 1.54) is 5.56 Å². The number of anilines is 1. The average molecular weight is 427 g/mol. The van der Waals surface area contributed by atoms with Gasteiger partial charge >= 0.3 is 0 Å². The SMILES string of the molecule is CN1CCCc2nc(-c3[nH]cc4c(C(N)=O)cccc34)nc(NCc3ccccc3)c2C1. The lowest BCUT2D eigenvalue weighted by Gasteiger charge is -2.18. The van der Waals surface area contributed by atoms with Crippen LogP contribution in [0, 0.1) is 0 Å². The number of H-pyrrole nitrogens is 1. The number of fused-ring (bicyclic) bond motifs is 2. The molecule has 7 heteroatoms. The minimum atomic E-state index is -0.447. The van der Waals surface area contributed by atoms with Crippen LogP contribution in [0.5, 0.6) is 0 Å². The summed E-state index contributed by atoms with van der Waals surface area (Å²) < 4.78 is 0. The summed E-state index contributed by atoms with van der Waals surface area (Å²) >= 11 is 0. The van der Waals surface area contributed by atoms with Crippen molar-refractivity contribution >= 4 is 22.5 Å². The van der Waals surface area contributed by atoms with E-state index in [0.717, 1.165) is 59.5 Å². The lowest BCUT2D eigenvalue weighted by atomic mass is 10.1. The Morgan fingerprint density at radius 3 is 2.78 bits per heavy atom. The summed E-state index contributed by atoms with van der Waals surface area (Å²) in [5.41, 5.74) is 10.3. The zero-order chi connectivity index (χ0) is 22.1. The Balaban J connectivity index is 1.60. The first-order valence-corrected chi connectivity index (χ1v) is 10.9. The van der Waals surface area contributed by atoms with Crippen LogP contribution in [0.3, 0.4) is 0 Å². The molecule has 0 aliphatic carbocycles. The zero-order valence-corrected chi connectivity index (χ0v) is 18.1. The highest BCUT2D eigenvalue weighted by molar-refractivity contribution is 6.09. The normalized spacial score (nSPS) is 14.2. The van der Waals surface area contributed by atoms with Crippen molar-refractivity contribution < 1.29 is 4.79 Å². The van der Waals surface area contributed by atoms with Gasteiger partial charge in [-0.15, -0.1) is 0 Å². The lowest BCUT2D eigenvalue weighted by Crippen LogP contribution is -2.19. The molecule has 32 heavy (non-hydrogen) atoms. The quantitative estimate of drug-likeness (QED) is 0.452. The number of carbonyl (C=O) groups excluding carboxylic acids is 1. The van der Waals surface area contributed by atoms with E-state index in [4.69, 9.17) is 15.7 Å². The molecule has 2 aromatic carbocycles. The molecule has 3 heterocycles. The Labute approximate surface area is 186 Å². The molecular formula is C25H26N6O. The monoisotopic (exact) mass is 426 g/mol. The zero-order valence-electron chi connectivity index (χ0n) is 18.1. The van der Waals surface area contributed by atoms with Crippen molar-refractivity contribution in [3.8, 4) is 11.5 Å². The number of nitrogens with zero attached hydrogens (tertiary/aromatic N) is 3. The van der Waals surface area contributed by atoms with Crippen LogP contribution in [-0.2, 0) is 19.5 Å². The second-order valence-electron chi connectivity index (χ2n) is 8.30. The number of aromatic amines is 1. The van der Waals surface area contributed by atoms with E-state index in [-0.39, 0.29) is 0 Å². The van der Waals surface area contributed by atoms with Crippen molar-refractivity contribution in [1.82, 2.24) is 19.9 Å². The van der Waals surface area contributed by atoms with Crippen molar-refractivity contribution in [1.29, 1.82) is 0 Å². The van der Waals surface area contributed by atoms with Gasteiger partial charge < -0.3 is 20.9 Å². The number of benzene rings is 2. The largest absolute Gasteiger partial charge is 0.366 e. The maximum Gasteiger partial charge on any atom is 0.249 e. The summed E-state index contributed by atoms with van der Waals surface area (Å²) in [6.45, 7) is 2.52. The van der Waals surface area contributed by atoms with Crippen LogP contribution in [0.25, 0.3) is 22.3 Å². The summed E-state index contributed by atoms with van der Waals surface area (Å²) in [6.07, 6.45) is 3.76. The highest BCUT2D eigenvalue weighted by Crippen LogP contribution is 2.31. The van der Waals surface area contributed by atoms with Crippen LogP contribution in [0.2, 0.25) is 0 Å². The van der Waals surface area contributed by atoms with Crippen LogP contribution < -0.4 is 11.1 Å². The summed E-state index contributed by atoms with van der Waals surface area (Å²) in [5.74, 6) is 1.04. The third kappa shape index (κ3) is 3.83. The van der Waals surface area contributed by atoms with E-state index in [2.05, 4.69) is 34.4 Å². The van der Waals surface area contributed by atoms with E-state index in [1.807, 2.05) is 36.5 Å². The first-order chi connectivity index (χ1) is 15.6. The Bertz CT molecular complexity index is 1280. The van der Waals surface area contributed by atoms with Crippen LogP contribution in [0.4, 0.5) is 5.82 Å². The number of nitrogens with two attached hydrogens (primary N) is 1. The number of aromatic nitrogens is 3. The third-order valence-electron chi connectivity index (χ3n) is 6.00.